The predicted molar refractivity (Wildman–Crippen MR) is 53.9 cm³/mol. The highest BCUT2D eigenvalue weighted by molar-refractivity contribution is 7.54. The zero-order valence-corrected chi connectivity index (χ0v) is 9.81. The van der Waals surface area contributed by atoms with E-state index in [0.717, 1.165) is 12.8 Å². The molecule has 2 atom stereocenters. The highest BCUT2D eigenvalue weighted by Gasteiger charge is 2.26. The second kappa shape index (κ2) is 5.77. The van der Waals surface area contributed by atoms with Crippen LogP contribution in [0.15, 0.2) is 0 Å². The Bertz CT molecular complexity index is 182. The Labute approximate surface area is 80.4 Å². The van der Waals surface area contributed by atoms with Crippen LogP contribution in [0.4, 0.5) is 4.20 Å². The van der Waals surface area contributed by atoms with Crippen molar-refractivity contribution in [3.63, 3.8) is 0 Å². The van der Waals surface area contributed by atoms with Gasteiger partial charge in [-0.1, -0.05) is 34.1 Å². The first kappa shape index (κ1) is 13.1. The first-order valence-electron chi connectivity index (χ1n) is 4.84. The van der Waals surface area contributed by atoms with Gasteiger partial charge in [-0.05, 0) is 12.3 Å². The maximum absolute atomic E-state index is 13.1. The molecule has 80 valence electrons. The summed E-state index contributed by atoms with van der Waals surface area (Å²) in [6.45, 7) is 7.55. The Morgan fingerprint density at radius 1 is 1.38 bits per heavy atom. The van der Waals surface area contributed by atoms with Crippen molar-refractivity contribution in [3.05, 3.63) is 0 Å². The summed E-state index contributed by atoms with van der Waals surface area (Å²) >= 11 is 0. The van der Waals surface area contributed by atoms with Gasteiger partial charge in [-0.25, -0.2) is 0 Å². The first-order chi connectivity index (χ1) is 5.90. The van der Waals surface area contributed by atoms with E-state index in [9.17, 15) is 8.76 Å². The molecule has 0 saturated heterocycles. The molecule has 2 unspecified atom stereocenters. The lowest BCUT2D eigenvalue weighted by molar-refractivity contribution is 0.256. The van der Waals surface area contributed by atoms with Crippen molar-refractivity contribution in [3.8, 4) is 0 Å². The van der Waals surface area contributed by atoms with Crippen LogP contribution in [0.3, 0.4) is 0 Å². The van der Waals surface area contributed by atoms with Gasteiger partial charge in [0.05, 0.1) is 12.3 Å². The van der Waals surface area contributed by atoms with E-state index < -0.39 is 13.3 Å². The van der Waals surface area contributed by atoms with Crippen LogP contribution < -0.4 is 0 Å². The molecule has 0 amide bonds. The summed E-state index contributed by atoms with van der Waals surface area (Å²) in [6.07, 6.45) is 1.82. The molecular weight excluding hydrogens is 190 g/mol. The van der Waals surface area contributed by atoms with Crippen LogP contribution in [0.25, 0.3) is 0 Å². The lowest BCUT2D eigenvalue weighted by atomic mass is 10.1. The van der Waals surface area contributed by atoms with Gasteiger partial charge in [0.15, 0.2) is 0 Å². The third kappa shape index (κ3) is 5.43. The van der Waals surface area contributed by atoms with Gasteiger partial charge in [-0.15, -0.1) is 0 Å². The van der Waals surface area contributed by atoms with Crippen molar-refractivity contribution in [1.82, 2.24) is 0 Å². The predicted octanol–water partition coefficient (Wildman–Crippen LogP) is 4.01. The van der Waals surface area contributed by atoms with E-state index in [2.05, 4.69) is 13.8 Å². The quantitative estimate of drug-likeness (QED) is 0.619. The molecule has 0 saturated carbocycles. The zero-order valence-electron chi connectivity index (χ0n) is 8.92. The topological polar surface area (TPSA) is 26.3 Å². The summed E-state index contributed by atoms with van der Waals surface area (Å²) in [5.41, 5.74) is -0.524. The molecule has 0 aromatic heterocycles. The zero-order chi connectivity index (χ0) is 10.5. The molecule has 4 heteroatoms. The Morgan fingerprint density at radius 2 is 1.92 bits per heavy atom. The monoisotopic (exact) mass is 210 g/mol. The third-order valence-corrected chi connectivity index (χ3v) is 3.96. The number of hydrogen-bond donors (Lipinski definition) is 0. The second-order valence-electron chi connectivity index (χ2n) is 3.75. The summed E-state index contributed by atoms with van der Waals surface area (Å²) in [5, 5.41) is 0. The Hall–Kier alpha value is 0.120. The minimum absolute atomic E-state index is 0.265. The average molecular weight is 210 g/mol. The van der Waals surface area contributed by atoms with Gasteiger partial charge in [-0.2, -0.15) is 4.20 Å². The standard InChI is InChI=1S/C9H20FO2P/c1-5-9(4)6-7-12-13(10,11)8(2)3/h8-9H,5-7H2,1-4H3. The van der Waals surface area contributed by atoms with Crippen LogP contribution in [-0.2, 0) is 9.09 Å². The van der Waals surface area contributed by atoms with Gasteiger partial charge >= 0.3 is 7.68 Å². The molecule has 13 heavy (non-hydrogen) atoms. The van der Waals surface area contributed by atoms with E-state index in [0.29, 0.717) is 5.92 Å². The SMILES string of the molecule is CCC(C)CCOP(=O)(F)C(C)C. The minimum atomic E-state index is -3.83. The smallest absolute Gasteiger partial charge is 0.305 e. The van der Waals surface area contributed by atoms with Gasteiger partial charge in [-0.3, -0.25) is 4.57 Å². The summed E-state index contributed by atoms with van der Waals surface area (Å²) in [6, 6.07) is 0. The molecule has 0 aliphatic heterocycles. The molecule has 0 aliphatic rings. The molecule has 0 fully saturated rings. The second-order valence-corrected chi connectivity index (χ2v) is 6.08. The molecule has 0 radical (unpaired) electrons. The Balaban J connectivity index is 3.70. The summed E-state index contributed by atoms with van der Waals surface area (Å²) in [5.74, 6) is 0.507. The Kier molecular flexibility index (Phi) is 5.82. The molecule has 2 nitrogen and oxygen atoms in total. The van der Waals surface area contributed by atoms with Crippen LogP contribution in [0.1, 0.15) is 40.5 Å². The molecule has 0 heterocycles. The first-order valence-corrected chi connectivity index (χ1v) is 6.42. The minimum Gasteiger partial charge on any atom is -0.305 e. The van der Waals surface area contributed by atoms with E-state index in [4.69, 9.17) is 4.52 Å². The summed E-state index contributed by atoms with van der Waals surface area (Å²) < 4.78 is 28.9. The average Bonchev–Trinajstić information content (AvgIpc) is 2.03. The molecule has 0 aromatic carbocycles. The fourth-order valence-electron chi connectivity index (χ4n) is 0.732. The highest BCUT2D eigenvalue weighted by atomic mass is 31.2. The van der Waals surface area contributed by atoms with E-state index in [1.807, 2.05) is 0 Å². The lowest BCUT2D eigenvalue weighted by Gasteiger charge is -2.14. The van der Waals surface area contributed by atoms with E-state index in [-0.39, 0.29) is 6.61 Å². The molecule has 0 aliphatic carbocycles. The van der Waals surface area contributed by atoms with E-state index in [1.54, 1.807) is 13.8 Å². The van der Waals surface area contributed by atoms with Crippen molar-refractivity contribution >= 4 is 7.68 Å². The van der Waals surface area contributed by atoms with Crippen LogP contribution in [0.5, 0.6) is 0 Å². The van der Waals surface area contributed by atoms with E-state index in [1.165, 1.54) is 0 Å². The van der Waals surface area contributed by atoms with Gasteiger partial charge in [0.1, 0.15) is 0 Å². The lowest BCUT2D eigenvalue weighted by Crippen LogP contribution is -2.02. The number of rotatable bonds is 6. The van der Waals surface area contributed by atoms with Crippen molar-refractivity contribution in [1.29, 1.82) is 0 Å². The molecule has 0 spiro atoms. The third-order valence-electron chi connectivity index (χ3n) is 2.19. The summed E-state index contributed by atoms with van der Waals surface area (Å²) in [7, 11) is -3.83. The van der Waals surface area contributed by atoms with Crippen LogP contribution >= 0.6 is 7.68 Å². The number of hydrogen-bond acceptors (Lipinski definition) is 2. The van der Waals surface area contributed by atoms with Crippen molar-refractivity contribution in [2.75, 3.05) is 6.61 Å². The maximum Gasteiger partial charge on any atom is 0.369 e. The fraction of sp³-hybridized carbons (Fsp3) is 1.00. The van der Waals surface area contributed by atoms with Crippen LogP contribution in [0, 0.1) is 5.92 Å². The maximum atomic E-state index is 13.1. The van der Waals surface area contributed by atoms with Gasteiger partial charge in [0, 0.05) is 0 Å². The van der Waals surface area contributed by atoms with Crippen LogP contribution in [0.2, 0.25) is 0 Å². The largest absolute Gasteiger partial charge is 0.369 e. The Morgan fingerprint density at radius 3 is 2.31 bits per heavy atom. The normalized spacial score (nSPS) is 18.6. The molecular formula is C9H20FO2P. The van der Waals surface area contributed by atoms with Gasteiger partial charge in [0.2, 0.25) is 0 Å². The van der Waals surface area contributed by atoms with Gasteiger partial charge < -0.3 is 4.52 Å². The van der Waals surface area contributed by atoms with Crippen LogP contribution in [-0.4, -0.2) is 12.3 Å². The van der Waals surface area contributed by atoms with Crippen molar-refractivity contribution < 1.29 is 13.3 Å². The molecule has 0 aromatic rings. The van der Waals surface area contributed by atoms with Crippen molar-refractivity contribution in [2.45, 2.75) is 46.2 Å². The van der Waals surface area contributed by atoms with Crippen molar-refractivity contribution in [2.24, 2.45) is 5.92 Å². The van der Waals surface area contributed by atoms with E-state index >= 15 is 0 Å². The number of halogens is 1. The summed E-state index contributed by atoms with van der Waals surface area (Å²) in [4.78, 5) is 0. The highest BCUT2D eigenvalue weighted by Crippen LogP contribution is 2.53. The van der Waals surface area contributed by atoms with Gasteiger partial charge in [0.25, 0.3) is 0 Å². The molecule has 0 rings (SSSR count). The molecule has 0 N–H and O–H groups in total. The fourth-order valence-corrected chi connectivity index (χ4v) is 1.38. The molecule has 0 bridgehead atoms.